The van der Waals surface area contributed by atoms with E-state index in [2.05, 4.69) is 35.7 Å². The zero-order valence-electron chi connectivity index (χ0n) is 10.9. The Morgan fingerprint density at radius 2 is 2.00 bits per heavy atom. The van der Waals surface area contributed by atoms with Crippen molar-refractivity contribution in [3.63, 3.8) is 0 Å². The van der Waals surface area contributed by atoms with Gasteiger partial charge in [-0.25, -0.2) is 0 Å². The number of halogens is 1. The Kier molecular flexibility index (Phi) is 4.04. The molecule has 0 aliphatic rings. The molecule has 1 aromatic heterocycles. The molecule has 0 bridgehead atoms. The van der Waals surface area contributed by atoms with Gasteiger partial charge in [0.05, 0.1) is 11.7 Å². The van der Waals surface area contributed by atoms with Crippen molar-refractivity contribution in [3.05, 3.63) is 52.3 Å². The third-order valence-electron chi connectivity index (χ3n) is 3.08. The van der Waals surface area contributed by atoms with E-state index in [1.807, 2.05) is 30.9 Å². The van der Waals surface area contributed by atoms with Gasteiger partial charge in [-0.15, -0.1) is 0 Å². The maximum atomic E-state index is 5.93. The minimum absolute atomic E-state index is 0.158. The van der Waals surface area contributed by atoms with Crippen LogP contribution in [0.5, 0.6) is 0 Å². The summed E-state index contributed by atoms with van der Waals surface area (Å²) >= 11 is 5.93. The lowest BCUT2D eigenvalue weighted by Gasteiger charge is -2.16. The standard InChI is InChI=1S/C14H18ClN3/c1-4-13-12(9-18(3)17-13)14(16-2)10-5-7-11(15)8-6-10/h5-9,14,16H,4H2,1-3H3. The summed E-state index contributed by atoms with van der Waals surface area (Å²) in [4.78, 5) is 0. The van der Waals surface area contributed by atoms with Crippen molar-refractivity contribution >= 4 is 11.6 Å². The van der Waals surface area contributed by atoms with Crippen molar-refractivity contribution in [2.75, 3.05) is 7.05 Å². The molecule has 0 amide bonds. The molecular formula is C14H18ClN3. The van der Waals surface area contributed by atoms with Crippen LogP contribution in [-0.2, 0) is 13.5 Å². The Labute approximate surface area is 113 Å². The van der Waals surface area contributed by atoms with Crippen LogP contribution in [0, 0.1) is 0 Å². The van der Waals surface area contributed by atoms with Gasteiger partial charge in [0.1, 0.15) is 0 Å². The molecule has 0 aliphatic carbocycles. The second-order valence-corrected chi connectivity index (χ2v) is 4.77. The number of hydrogen-bond donors (Lipinski definition) is 1. The van der Waals surface area contributed by atoms with Crippen LogP contribution in [0.3, 0.4) is 0 Å². The summed E-state index contributed by atoms with van der Waals surface area (Å²) in [5.41, 5.74) is 3.56. The van der Waals surface area contributed by atoms with Crippen molar-refractivity contribution in [2.24, 2.45) is 7.05 Å². The molecule has 0 saturated carbocycles. The number of benzene rings is 1. The normalized spacial score (nSPS) is 12.7. The molecule has 0 spiro atoms. The van der Waals surface area contributed by atoms with E-state index in [0.29, 0.717) is 0 Å². The van der Waals surface area contributed by atoms with Gasteiger partial charge in [-0.2, -0.15) is 5.10 Å². The van der Waals surface area contributed by atoms with Gasteiger partial charge in [0.2, 0.25) is 0 Å². The van der Waals surface area contributed by atoms with E-state index < -0.39 is 0 Å². The van der Waals surface area contributed by atoms with Crippen LogP contribution in [0.15, 0.2) is 30.5 Å². The molecule has 3 nitrogen and oxygen atoms in total. The number of aromatic nitrogens is 2. The first kappa shape index (κ1) is 13.1. The Morgan fingerprint density at radius 1 is 1.33 bits per heavy atom. The molecule has 0 saturated heterocycles. The summed E-state index contributed by atoms with van der Waals surface area (Å²) in [6.45, 7) is 2.13. The molecule has 4 heteroatoms. The van der Waals surface area contributed by atoms with Crippen LogP contribution < -0.4 is 5.32 Å². The molecule has 0 radical (unpaired) electrons. The van der Waals surface area contributed by atoms with Crippen LogP contribution >= 0.6 is 11.6 Å². The lowest BCUT2D eigenvalue weighted by molar-refractivity contribution is 0.684. The fraction of sp³-hybridized carbons (Fsp3) is 0.357. The van der Waals surface area contributed by atoms with Gasteiger partial charge in [-0.1, -0.05) is 30.7 Å². The average molecular weight is 264 g/mol. The van der Waals surface area contributed by atoms with Gasteiger partial charge in [0.15, 0.2) is 0 Å². The van der Waals surface area contributed by atoms with E-state index in [1.54, 1.807) is 0 Å². The van der Waals surface area contributed by atoms with E-state index >= 15 is 0 Å². The third-order valence-corrected chi connectivity index (χ3v) is 3.33. The van der Waals surface area contributed by atoms with Crippen LogP contribution in [0.1, 0.15) is 29.8 Å². The number of rotatable bonds is 4. The molecule has 1 atom stereocenters. The highest BCUT2D eigenvalue weighted by atomic mass is 35.5. The van der Waals surface area contributed by atoms with Gasteiger partial charge >= 0.3 is 0 Å². The Morgan fingerprint density at radius 3 is 2.56 bits per heavy atom. The zero-order chi connectivity index (χ0) is 13.1. The molecule has 1 N–H and O–H groups in total. The molecule has 1 heterocycles. The summed E-state index contributed by atoms with van der Waals surface area (Å²) in [6, 6.07) is 8.10. The van der Waals surface area contributed by atoms with Crippen molar-refractivity contribution < 1.29 is 0 Å². The van der Waals surface area contributed by atoms with Crippen LogP contribution in [0.25, 0.3) is 0 Å². The predicted molar refractivity (Wildman–Crippen MR) is 74.9 cm³/mol. The summed E-state index contributed by atoms with van der Waals surface area (Å²) in [5, 5.41) is 8.60. The van der Waals surface area contributed by atoms with Crippen molar-refractivity contribution in [1.82, 2.24) is 15.1 Å². The van der Waals surface area contributed by atoms with Crippen LogP contribution in [0.2, 0.25) is 5.02 Å². The fourth-order valence-electron chi connectivity index (χ4n) is 2.23. The highest BCUT2D eigenvalue weighted by Crippen LogP contribution is 2.25. The molecular weight excluding hydrogens is 246 g/mol. The van der Waals surface area contributed by atoms with Crippen molar-refractivity contribution in [2.45, 2.75) is 19.4 Å². The first-order valence-electron chi connectivity index (χ1n) is 6.10. The summed E-state index contributed by atoms with van der Waals surface area (Å²) < 4.78 is 1.87. The maximum absolute atomic E-state index is 5.93. The van der Waals surface area contributed by atoms with Crippen molar-refractivity contribution in [1.29, 1.82) is 0 Å². The van der Waals surface area contributed by atoms with E-state index in [4.69, 9.17) is 11.6 Å². The Hall–Kier alpha value is -1.32. The lowest BCUT2D eigenvalue weighted by Crippen LogP contribution is -2.18. The largest absolute Gasteiger partial charge is 0.309 e. The van der Waals surface area contributed by atoms with Crippen LogP contribution in [-0.4, -0.2) is 16.8 Å². The number of nitrogens with one attached hydrogen (secondary N) is 1. The fourth-order valence-corrected chi connectivity index (χ4v) is 2.35. The molecule has 0 fully saturated rings. The van der Waals surface area contributed by atoms with Gasteiger partial charge in [0.25, 0.3) is 0 Å². The highest BCUT2D eigenvalue weighted by molar-refractivity contribution is 6.30. The molecule has 1 aromatic carbocycles. The first-order valence-corrected chi connectivity index (χ1v) is 6.48. The second kappa shape index (κ2) is 5.55. The number of hydrogen-bond acceptors (Lipinski definition) is 2. The average Bonchev–Trinajstić information content (AvgIpc) is 2.74. The topological polar surface area (TPSA) is 29.9 Å². The predicted octanol–water partition coefficient (Wildman–Crippen LogP) is 2.94. The summed E-state index contributed by atoms with van der Waals surface area (Å²) in [7, 11) is 3.92. The lowest BCUT2D eigenvalue weighted by atomic mass is 9.98. The molecule has 2 aromatic rings. The Balaban J connectivity index is 2.41. The van der Waals surface area contributed by atoms with Gasteiger partial charge in [0, 0.05) is 23.8 Å². The van der Waals surface area contributed by atoms with E-state index in [9.17, 15) is 0 Å². The minimum atomic E-state index is 0.158. The Bertz CT molecular complexity index is 516. The third kappa shape index (κ3) is 2.57. The number of nitrogens with zero attached hydrogens (tertiary/aromatic N) is 2. The maximum Gasteiger partial charge on any atom is 0.0673 e. The first-order chi connectivity index (χ1) is 8.65. The smallest absolute Gasteiger partial charge is 0.0673 e. The quantitative estimate of drug-likeness (QED) is 0.919. The SMILES string of the molecule is CCc1nn(C)cc1C(NC)c1ccc(Cl)cc1. The van der Waals surface area contributed by atoms with Crippen molar-refractivity contribution in [3.8, 4) is 0 Å². The molecule has 96 valence electrons. The van der Waals surface area contributed by atoms with Gasteiger partial charge in [-0.05, 0) is 31.2 Å². The number of aryl methyl sites for hydroxylation is 2. The molecule has 18 heavy (non-hydrogen) atoms. The highest BCUT2D eigenvalue weighted by Gasteiger charge is 2.17. The minimum Gasteiger partial charge on any atom is -0.309 e. The van der Waals surface area contributed by atoms with Crippen LogP contribution in [0.4, 0.5) is 0 Å². The molecule has 0 aliphatic heterocycles. The molecule has 1 unspecified atom stereocenters. The monoisotopic (exact) mass is 263 g/mol. The second-order valence-electron chi connectivity index (χ2n) is 4.33. The van der Waals surface area contributed by atoms with Gasteiger partial charge < -0.3 is 5.32 Å². The summed E-state index contributed by atoms with van der Waals surface area (Å²) in [6.07, 6.45) is 3.01. The summed E-state index contributed by atoms with van der Waals surface area (Å²) in [5.74, 6) is 0. The van der Waals surface area contributed by atoms with E-state index in [-0.39, 0.29) is 6.04 Å². The van der Waals surface area contributed by atoms with E-state index in [0.717, 1.165) is 17.1 Å². The zero-order valence-corrected chi connectivity index (χ0v) is 11.7. The van der Waals surface area contributed by atoms with Gasteiger partial charge in [-0.3, -0.25) is 4.68 Å². The molecule has 2 rings (SSSR count). The van der Waals surface area contributed by atoms with E-state index in [1.165, 1.54) is 11.1 Å².